The van der Waals surface area contributed by atoms with Gasteiger partial charge in [-0.3, -0.25) is 15.6 Å². The van der Waals surface area contributed by atoms with E-state index in [1.54, 1.807) is 0 Å². The highest BCUT2D eigenvalue weighted by atomic mass is 32.2. The summed E-state index contributed by atoms with van der Waals surface area (Å²) in [5, 5.41) is 2.88. The molecule has 2 rings (SSSR count). The van der Waals surface area contributed by atoms with E-state index in [0.717, 1.165) is 6.26 Å². The summed E-state index contributed by atoms with van der Waals surface area (Å²) >= 11 is 5.00. The van der Waals surface area contributed by atoms with Gasteiger partial charge in [0.15, 0.2) is 14.9 Å². The van der Waals surface area contributed by atoms with Gasteiger partial charge in [-0.1, -0.05) is 0 Å². The van der Waals surface area contributed by atoms with Crippen LogP contribution in [0.1, 0.15) is 10.4 Å². The van der Waals surface area contributed by atoms with E-state index in [2.05, 4.69) is 16.2 Å². The van der Waals surface area contributed by atoms with Crippen molar-refractivity contribution in [1.29, 1.82) is 0 Å². The summed E-state index contributed by atoms with van der Waals surface area (Å²) in [5.74, 6) is -0.858. The van der Waals surface area contributed by atoms with E-state index in [1.807, 2.05) is 0 Å². The molecule has 0 fully saturated rings. The topological polar surface area (TPSA) is 87.3 Å². The molecule has 0 aliphatic rings. The fourth-order valence-electron chi connectivity index (χ4n) is 1.73. The SMILES string of the molecule is CS(=O)(=O)c1ccc(C(=O)NNC(=S)Nc2ccc(F)cc2)cc1. The molecular weight excluding hydrogens is 353 g/mol. The number of sulfone groups is 1. The van der Waals surface area contributed by atoms with E-state index < -0.39 is 15.7 Å². The average molecular weight is 367 g/mol. The van der Waals surface area contributed by atoms with Crippen LogP contribution in [0.4, 0.5) is 10.1 Å². The standard InChI is InChI=1S/C15H14FN3O3S2/c1-24(21,22)13-8-2-10(3-9-13)14(20)18-19-15(23)17-12-6-4-11(16)5-7-12/h2-9H,1H3,(H,18,20)(H2,17,19,23). The smallest absolute Gasteiger partial charge is 0.269 e. The summed E-state index contributed by atoms with van der Waals surface area (Å²) in [6.45, 7) is 0. The molecule has 0 spiro atoms. The third-order valence-electron chi connectivity index (χ3n) is 2.94. The molecule has 0 aliphatic carbocycles. The summed E-state index contributed by atoms with van der Waals surface area (Å²) in [5.41, 5.74) is 5.69. The maximum Gasteiger partial charge on any atom is 0.269 e. The van der Waals surface area contributed by atoms with Gasteiger partial charge in [-0.05, 0) is 60.7 Å². The predicted octanol–water partition coefficient (Wildman–Crippen LogP) is 1.86. The van der Waals surface area contributed by atoms with Crippen molar-refractivity contribution in [3.63, 3.8) is 0 Å². The number of hydrazine groups is 1. The zero-order valence-corrected chi connectivity index (χ0v) is 14.2. The lowest BCUT2D eigenvalue weighted by atomic mass is 10.2. The monoisotopic (exact) mass is 367 g/mol. The van der Waals surface area contributed by atoms with Crippen LogP contribution in [0.25, 0.3) is 0 Å². The summed E-state index contributed by atoms with van der Waals surface area (Å²) in [6.07, 6.45) is 1.09. The first-order chi connectivity index (χ1) is 11.3. The van der Waals surface area contributed by atoms with Crippen LogP contribution in [-0.4, -0.2) is 25.7 Å². The zero-order valence-electron chi connectivity index (χ0n) is 12.5. The number of rotatable bonds is 3. The highest BCUT2D eigenvalue weighted by molar-refractivity contribution is 7.90. The maximum atomic E-state index is 12.8. The zero-order chi connectivity index (χ0) is 17.7. The Hall–Kier alpha value is -2.52. The Morgan fingerprint density at radius 3 is 2.12 bits per heavy atom. The number of nitrogens with one attached hydrogen (secondary N) is 3. The first kappa shape index (κ1) is 17.8. The second-order valence-electron chi connectivity index (χ2n) is 4.84. The van der Waals surface area contributed by atoms with E-state index in [-0.39, 0.29) is 21.4 Å². The molecule has 0 aliphatic heterocycles. The van der Waals surface area contributed by atoms with E-state index in [9.17, 15) is 17.6 Å². The largest absolute Gasteiger partial charge is 0.331 e. The molecular formula is C15H14FN3O3S2. The molecule has 0 bridgehead atoms. The predicted molar refractivity (Wildman–Crippen MR) is 92.8 cm³/mol. The third kappa shape index (κ3) is 5.00. The van der Waals surface area contributed by atoms with Gasteiger partial charge in [-0.15, -0.1) is 0 Å². The van der Waals surface area contributed by atoms with Crippen molar-refractivity contribution in [3.8, 4) is 0 Å². The van der Waals surface area contributed by atoms with Crippen molar-refractivity contribution in [3.05, 3.63) is 59.9 Å². The van der Waals surface area contributed by atoms with Crippen molar-refractivity contribution in [2.75, 3.05) is 11.6 Å². The Kier molecular flexibility index (Phi) is 5.47. The molecule has 2 aromatic carbocycles. The molecule has 0 saturated heterocycles. The molecule has 3 N–H and O–H groups in total. The summed E-state index contributed by atoms with van der Waals surface area (Å²) in [6, 6.07) is 11.0. The van der Waals surface area contributed by atoms with Gasteiger partial charge >= 0.3 is 0 Å². The van der Waals surface area contributed by atoms with Gasteiger partial charge < -0.3 is 5.32 Å². The van der Waals surface area contributed by atoms with Crippen LogP contribution in [0.2, 0.25) is 0 Å². The van der Waals surface area contributed by atoms with Gasteiger partial charge in [-0.2, -0.15) is 0 Å². The number of benzene rings is 2. The second-order valence-corrected chi connectivity index (χ2v) is 7.26. The number of carbonyl (C=O) groups is 1. The molecule has 0 radical (unpaired) electrons. The Morgan fingerprint density at radius 1 is 1.00 bits per heavy atom. The molecule has 9 heteroatoms. The van der Waals surface area contributed by atoms with Crippen LogP contribution in [0, 0.1) is 5.82 Å². The van der Waals surface area contributed by atoms with Gasteiger partial charge in [0, 0.05) is 17.5 Å². The minimum Gasteiger partial charge on any atom is -0.331 e. The van der Waals surface area contributed by atoms with Crippen LogP contribution in [-0.2, 0) is 9.84 Å². The third-order valence-corrected chi connectivity index (χ3v) is 4.27. The lowest BCUT2D eigenvalue weighted by molar-refractivity contribution is 0.0944. The highest BCUT2D eigenvalue weighted by Crippen LogP contribution is 2.10. The van der Waals surface area contributed by atoms with E-state index in [0.29, 0.717) is 5.69 Å². The number of thiocarbonyl (C=S) groups is 1. The molecule has 6 nitrogen and oxygen atoms in total. The minimum absolute atomic E-state index is 0.114. The normalized spacial score (nSPS) is 10.8. The van der Waals surface area contributed by atoms with Crippen molar-refractivity contribution in [1.82, 2.24) is 10.9 Å². The van der Waals surface area contributed by atoms with Gasteiger partial charge in [0.05, 0.1) is 4.90 Å². The first-order valence-corrected chi connectivity index (χ1v) is 8.99. The molecule has 126 valence electrons. The molecule has 0 heterocycles. The quantitative estimate of drug-likeness (QED) is 0.567. The van der Waals surface area contributed by atoms with E-state index in [1.165, 1.54) is 48.5 Å². The number of hydrogen-bond donors (Lipinski definition) is 3. The first-order valence-electron chi connectivity index (χ1n) is 6.69. The fourth-order valence-corrected chi connectivity index (χ4v) is 2.53. The van der Waals surface area contributed by atoms with Crippen LogP contribution in [0.3, 0.4) is 0 Å². The summed E-state index contributed by atoms with van der Waals surface area (Å²) in [7, 11) is -3.31. The number of halogens is 1. The molecule has 24 heavy (non-hydrogen) atoms. The Morgan fingerprint density at radius 2 is 1.58 bits per heavy atom. The van der Waals surface area contributed by atoms with Gasteiger partial charge in [0.1, 0.15) is 5.82 Å². The molecule has 0 saturated carbocycles. The van der Waals surface area contributed by atoms with Gasteiger partial charge in [-0.25, -0.2) is 12.8 Å². The van der Waals surface area contributed by atoms with E-state index >= 15 is 0 Å². The number of carbonyl (C=O) groups excluding carboxylic acids is 1. The van der Waals surface area contributed by atoms with E-state index in [4.69, 9.17) is 12.2 Å². The second kappa shape index (κ2) is 7.37. The van der Waals surface area contributed by atoms with Gasteiger partial charge in [0.2, 0.25) is 0 Å². The minimum atomic E-state index is -3.31. The molecule has 1 amide bonds. The van der Waals surface area contributed by atoms with Crippen LogP contribution in [0.15, 0.2) is 53.4 Å². The average Bonchev–Trinajstić information content (AvgIpc) is 2.54. The fraction of sp³-hybridized carbons (Fsp3) is 0.0667. The summed E-state index contributed by atoms with van der Waals surface area (Å²) in [4.78, 5) is 12.1. The van der Waals surface area contributed by atoms with Crippen molar-refractivity contribution < 1.29 is 17.6 Å². The maximum absolute atomic E-state index is 12.8. The van der Waals surface area contributed by atoms with Crippen molar-refractivity contribution in [2.24, 2.45) is 0 Å². The lowest BCUT2D eigenvalue weighted by Gasteiger charge is -2.11. The lowest BCUT2D eigenvalue weighted by Crippen LogP contribution is -2.43. The highest BCUT2D eigenvalue weighted by Gasteiger charge is 2.10. The number of hydrogen-bond acceptors (Lipinski definition) is 4. The van der Waals surface area contributed by atoms with Gasteiger partial charge in [0.25, 0.3) is 5.91 Å². The van der Waals surface area contributed by atoms with Crippen LogP contribution in [0.5, 0.6) is 0 Å². The molecule has 2 aromatic rings. The molecule has 0 aromatic heterocycles. The molecule has 0 atom stereocenters. The van der Waals surface area contributed by atoms with Crippen LogP contribution < -0.4 is 16.2 Å². The number of anilines is 1. The Balaban J connectivity index is 1.90. The van der Waals surface area contributed by atoms with Crippen LogP contribution >= 0.6 is 12.2 Å². The number of amides is 1. The van der Waals surface area contributed by atoms with Crippen molar-refractivity contribution >= 4 is 38.8 Å². The van der Waals surface area contributed by atoms with Crippen molar-refractivity contribution in [2.45, 2.75) is 4.90 Å². The Labute approximate surface area is 144 Å². The molecule has 0 unspecified atom stereocenters. The summed E-state index contributed by atoms with van der Waals surface area (Å²) < 4.78 is 35.5. The Bertz CT molecular complexity index is 851.